The molecule has 3 N–H and O–H groups in total. The van der Waals surface area contributed by atoms with Crippen molar-refractivity contribution >= 4 is 11.3 Å². The fourth-order valence-corrected chi connectivity index (χ4v) is 2.84. The van der Waals surface area contributed by atoms with E-state index in [0.717, 1.165) is 12.8 Å². The normalized spacial score (nSPS) is 12.6. The molecule has 0 saturated carbocycles. The Balaban J connectivity index is 2.00. The molecule has 102 valence electrons. The van der Waals surface area contributed by atoms with Crippen molar-refractivity contribution in [1.82, 2.24) is 5.43 Å². The number of benzene rings is 1. The van der Waals surface area contributed by atoms with Gasteiger partial charge in [-0.1, -0.05) is 12.1 Å². The van der Waals surface area contributed by atoms with Crippen LogP contribution in [0.15, 0.2) is 35.7 Å². The molecular formula is C14H16F2N2S. The third-order valence-electron chi connectivity index (χ3n) is 3.05. The summed E-state index contributed by atoms with van der Waals surface area (Å²) in [6, 6.07) is 7.41. The molecule has 1 aromatic carbocycles. The largest absolute Gasteiger partial charge is 0.271 e. The van der Waals surface area contributed by atoms with Crippen LogP contribution in [-0.4, -0.2) is 0 Å². The average Bonchev–Trinajstić information content (AvgIpc) is 2.89. The lowest BCUT2D eigenvalue weighted by atomic mass is 10.00. The first-order valence-electron chi connectivity index (χ1n) is 6.14. The summed E-state index contributed by atoms with van der Waals surface area (Å²) in [7, 11) is 0. The summed E-state index contributed by atoms with van der Waals surface area (Å²) in [4.78, 5) is 1.27. The second-order valence-corrected chi connectivity index (χ2v) is 5.36. The second kappa shape index (κ2) is 6.75. The third-order valence-corrected chi connectivity index (χ3v) is 3.98. The molecule has 0 amide bonds. The number of rotatable bonds is 6. The van der Waals surface area contributed by atoms with E-state index in [1.165, 1.54) is 23.1 Å². The Morgan fingerprint density at radius 3 is 2.47 bits per heavy atom. The zero-order valence-corrected chi connectivity index (χ0v) is 11.2. The van der Waals surface area contributed by atoms with E-state index in [9.17, 15) is 8.78 Å². The van der Waals surface area contributed by atoms with E-state index in [1.54, 1.807) is 11.3 Å². The van der Waals surface area contributed by atoms with Gasteiger partial charge in [0.1, 0.15) is 11.6 Å². The monoisotopic (exact) mass is 282 g/mol. The van der Waals surface area contributed by atoms with Gasteiger partial charge in [0, 0.05) is 10.4 Å². The number of hydrogen-bond donors (Lipinski definition) is 2. The molecule has 0 aliphatic heterocycles. The van der Waals surface area contributed by atoms with Crippen LogP contribution >= 0.6 is 11.3 Å². The molecule has 0 aliphatic rings. The van der Waals surface area contributed by atoms with Gasteiger partial charge in [0.25, 0.3) is 0 Å². The molecule has 2 rings (SSSR count). The Hall–Kier alpha value is -1.30. The van der Waals surface area contributed by atoms with Gasteiger partial charge in [-0.15, -0.1) is 11.3 Å². The number of hydrazine groups is 1. The lowest BCUT2D eigenvalue weighted by Crippen LogP contribution is -2.29. The number of aryl methyl sites for hydroxylation is 1. The van der Waals surface area contributed by atoms with Crippen LogP contribution in [0.1, 0.15) is 29.3 Å². The van der Waals surface area contributed by atoms with Crippen molar-refractivity contribution in [2.45, 2.75) is 25.3 Å². The Morgan fingerprint density at radius 2 is 1.89 bits per heavy atom. The van der Waals surface area contributed by atoms with Gasteiger partial charge in [0.05, 0.1) is 6.04 Å². The molecule has 0 bridgehead atoms. The highest BCUT2D eigenvalue weighted by molar-refractivity contribution is 7.09. The van der Waals surface area contributed by atoms with Gasteiger partial charge < -0.3 is 0 Å². The van der Waals surface area contributed by atoms with E-state index in [-0.39, 0.29) is 5.56 Å². The fraction of sp³-hybridized carbons (Fsp3) is 0.286. The van der Waals surface area contributed by atoms with Gasteiger partial charge in [0.2, 0.25) is 0 Å². The van der Waals surface area contributed by atoms with Crippen LogP contribution in [0.5, 0.6) is 0 Å². The molecule has 0 spiro atoms. The minimum absolute atomic E-state index is 0.0242. The van der Waals surface area contributed by atoms with Gasteiger partial charge in [-0.05, 0) is 42.8 Å². The van der Waals surface area contributed by atoms with Crippen LogP contribution in [-0.2, 0) is 6.42 Å². The smallest absolute Gasteiger partial charge is 0.130 e. The molecular weight excluding hydrogens is 266 g/mol. The second-order valence-electron chi connectivity index (χ2n) is 4.33. The van der Waals surface area contributed by atoms with Gasteiger partial charge in [-0.2, -0.15) is 0 Å². The first-order chi connectivity index (χ1) is 9.22. The molecule has 2 nitrogen and oxygen atoms in total. The summed E-state index contributed by atoms with van der Waals surface area (Å²) >= 11 is 1.68. The quantitative estimate of drug-likeness (QED) is 0.628. The highest BCUT2D eigenvalue weighted by Gasteiger charge is 2.18. The minimum atomic E-state index is -0.556. The number of thiophene rings is 1. The molecule has 5 heteroatoms. The highest BCUT2D eigenvalue weighted by Crippen LogP contribution is 2.25. The summed E-state index contributed by atoms with van der Waals surface area (Å²) < 4.78 is 27.3. The Labute approximate surface area is 115 Å². The number of nitrogens with one attached hydrogen (secondary N) is 1. The maximum atomic E-state index is 13.7. The van der Waals surface area contributed by atoms with Crippen LogP contribution in [0.3, 0.4) is 0 Å². The average molecular weight is 282 g/mol. The van der Waals surface area contributed by atoms with Crippen LogP contribution in [0, 0.1) is 11.6 Å². The van der Waals surface area contributed by atoms with E-state index in [0.29, 0.717) is 6.42 Å². The van der Waals surface area contributed by atoms with E-state index in [4.69, 9.17) is 5.84 Å². The molecule has 1 unspecified atom stereocenters. The predicted octanol–water partition coefficient (Wildman–Crippen LogP) is 3.55. The first-order valence-corrected chi connectivity index (χ1v) is 7.02. The molecule has 19 heavy (non-hydrogen) atoms. The van der Waals surface area contributed by atoms with Crippen molar-refractivity contribution in [3.63, 3.8) is 0 Å². The Kier molecular flexibility index (Phi) is 5.01. The third kappa shape index (κ3) is 3.59. The summed E-state index contributed by atoms with van der Waals surface area (Å²) in [5, 5.41) is 2.02. The lowest BCUT2D eigenvalue weighted by molar-refractivity contribution is 0.445. The van der Waals surface area contributed by atoms with E-state index < -0.39 is 17.7 Å². The number of halogens is 2. The zero-order valence-electron chi connectivity index (χ0n) is 10.4. The number of hydrogen-bond acceptors (Lipinski definition) is 3. The van der Waals surface area contributed by atoms with Crippen LogP contribution in [0.4, 0.5) is 8.78 Å². The fourth-order valence-electron chi connectivity index (χ4n) is 2.09. The molecule has 1 aromatic heterocycles. The minimum Gasteiger partial charge on any atom is -0.271 e. The van der Waals surface area contributed by atoms with Crippen molar-refractivity contribution < 1.29 is 8.78 Å². The van der Waals surface area contributed by atoms with Gasteiger partial charge >= 0.3 is 0 Å². The maximum Gasteiger partial charge on any atom is 0.130 e. The predicted molar refractivity (Wildman–Crippen MR) is 73.7 cm³/mol. The molecule has 2 aromatic rings. The van der Waals surface area contributed by atoms with Crippen molar-refractivity contribution in [1.29, 1.82) is 0 Å². The SMILES string of the molecule is NNC(CCCc1cccs1)c1c(F)cccc1F. The van der Waals surface area contributed by atoms with Crippen molar-refractivity contribution in [3.8, 4) is 0 Å². The summed E-state index contributed by atoms with van der Waals surface area (Å²) in [6.07, 6.45) is 2.31. The molecule has 1 heterocycles. The zero-order chi connectivity index (χ0) is 13.7. The van der Waals surface area contributed by atoms with Crippen molar-refractivity contribution in [2.24, 2.45) is 5.84 Å². The standard InChI is InChI=1S/C14H16F2N2S/c15-11-6-2-7-12(16)14(11)13(18-17)8-1-4-10-5-3-9-19-10/h2-3,5-7,9,13,18H,1,4,8,17H2. The van der Waals surface area contributed by atoms with Crippen molar-refractivity contribution in [3.05, 3.63) is 57.8 Å². The molecule has 0 radical (unpaired) electrons. The van der Waals surface area contributed by atoms with E-state index >= 15 is 0 Å². The summed E-state index contributed by atoms with van der Waals surface area (Å²) in [6.45, 7) is 0. The van der Waals surface area contributed by atoms with Gasteiger partial charge in [-0.25, -0.2) is 8.78 Å². The lowest BCUT2D eigenvalue weighted by Gasteiger charge is -2.17. The highest BCUT2D eigenvalue weighted by atomic mass is 32.1. The number of nitrogens with two attached hydrogens (primary N) is 1. The molecule has 1 atom stereocenters. The first kappa shape index (κ1) is 14.1. The van der Waals surface area contributed by atoms with Crippen LogP contribution in [0.2, 0.25) is 0 Å². The van der Waals surface area contributed by atoms with E-state index in [1.807, 2.05) is 11.4 Å². The van der Waals surface area contributed by atoms with Crippen molar-refractivity contribution in [2.75, 3.05) is 0 Å². The summed E-state index contributed by atoms with van der Waals surface area (Å²) in [5.41, 5.74) is 2.53. The topological polar surface area (TPSA) is 38.0 Å². The van der Waals surface area contributed by atoms with Crippen LogP contribution < -0.4 is 11.3 Å². The van der Waals surface area contributed by atoms with Gasteiger partial charge in [0.15, 0.2) is 0 Å². The maximum absolute atomic E-state index is 13.7. The molecule has 0 aliphatic carbocycles. The Morgan fingerprint density at radius 1 is 1.16 bits per heavy atom. The Bertz CT molecular complexity index is 494. The summed E-state index contributed by atoms with van der Waals surface area (Å²) in [5.74, 6) is 4.31. The van der Waals surface area contributed by atoms with E-state index in [2.05, 4.69) is 11.5 Å². The molecule has 0 saturated heterocycles. The van der Waals surface area contributed by atoms with Crippen LogP contribution in [0.25, 0.3) is 0 Å². The van der Waals surface area contributed by atoms with Gasteiger partial charge in [-0.3, -0.25) is 11.3 Å². The molecule has 0 fully saturated rings.